The minimum Gasteiger partial charge on any atom is -0.332 e. The van der Waals surface area contributed by atoms with Crippen LogP contribution in [0.25, 0.3) is 10.2 Å². The number of nitro benzene ring substituents is 1. The zero-order chi connectivity index (χ0) is 18.1. The topological polar surface area (TPSA) is 76.3 Å². The van der Waals surface area contributed by atoms with Gasteiger partial charge in [0.1, 0.15) is 10.6 Å². The lowest BCUT2D eigenvalue weighted by Crippen LogP contribution is -2.30. The van der Waals surface area contributed by atoms with Crippen molar-refractivity contribution in [3.63, 3.8) is 0 Å². The molecule has 0 aliphatic heterocycles. The summed E-state index contributed by atoms with van der Waals surface area (Å²) in [6.07, 6.45) is 0. The molecular formula is C18H17N3O3S. The van der Waals surface area contributed by atoms with Crippen LogP contribution in [0.4, 0.5) is 5.69 Å². The summed E-state index contributed by atoms with van der Waals surface area (Å²) in [5, 5.41) is 12.1. The first-order chi connectivity index (χ1) is 11.9. The number of benzene rings is 2. The number of thiazole rings is 1. The Balaban J connectivity index is 1.95. The quantitative estimate of drug-likeness (QED) is 0.515. The smallest absolute Gasteiger partial charge is 0.285 e. The fourth-order valence-corrected chi connectivity index (χ4v) is 3.74. The maximum Gasteiger partial charge on any atom is 0.285 e. The number of carbonyl (C=O) groups excluding carboxylic acids is 1. The molecule has 0 bridgehead atoms. The van der Waals surface area contributed by atoms with Crippen molar-refractivity contribution in [2.75, 3.05) is 7.05 Å². The number of aromatic nitrogens is 1. The van der Waals surface area contributed by atoms with E-state index in [1.54, 1.807) is 26.1 Å². The van der Waals surface area contributed by atoms with Gasteiger partial charge in [0, 0.05) is 12.6 Å². The molecule has 0 saturated heterocycles. The number of hydrogen-bond donors (Lipinski definition) is 0. The van der Waals surface area contributed by atoms with E-state index in [1.807, 2.05) is 31.2 Å². The normalized spacial score (nSPS) is 12.1. The third-order valence-corrected chi connectivity index (χ3v) is 5.43. The van der Waals surface area contributed by atoms with Gasteiger partial charge in [-0.25, -0.2) is 4.98 Å². The highest BCUT2D eigenvalue weighted by Crippen LogP contribution is 2.31. The van der Waals surface area contributed by atoms with E-state index in [-0.39, 0.29) is 23.2 Å². The van der Waals surface area contributed by atoms with Gasteiger partial charge in [0.2, 0.25) is 0 Å². The van der Waals surface area contributed by atoms with Crippen molar-refractivity contribution >= 4 is 33.1 Å². The van der Waals surface area contributed by atoms with Crippen LogP contribution in [0.1, 0.15) is 33.9 Å². The van der Waals surface area contributed by atoms with Crippen LogP contribution in [0.2, 0.25) is 0 Å². The Morgan fingerprint density at radius 2 is 1.96 bits per heavy atom. The van der Waals surface area contributed by atoms with Gasteiger partial charge in [-0.3, -0.25) is 14.9 Å². The maximum absolute atomic E-state index is 12.9. The second kappa shape index (κ2) is 6.60. The number of aryl methyl sites for hydroxylation is 1. The first kappa shape index (κ1) is 17.0. The maximum atomic E-state index is 12.9. The van der Waals surface area contributed by atoms with Crippen LogP contribution in [-0.4, -0.2) is 27.8 Å². The lowest BCUT2D eigenvalue weighted by atomic mass is 10.1. The molecule has 0 saturated carbocycles. The Labute approximate surface area is 148 Å². The summed E-state index contributed by atoms with van der Waals surface area (Å²) in [6, 6.07) is 12.3. The number of hydrogen-bond acceptors (Lipinski definition) is 5. The summed E-state index contributed by atoms with van der Waals surface area (Å²) in [7, 11) is 1.64. The van der Waals surface area contributed by atoms with E-state index in [4.69, 9.17) is 0 Å². The highest BCUT2D eigenvalue weighted by molar-refractivity contribution is 7.18. The molecule has 1 unspecified atom stereocenters. The fraction of sp³-hybridized carbons (Fsp3) is 0.222. The van der Waals surface area contributed by atoms with E-state index in [9.17, 15) is 14.9 Å². The van der Waals surface area contributed by atoms with Gasteiger partial charge in [0.15, 0.2) is 0 Å². The average Bonchev–Trinajstić information content (AvgIpc) is 3.03. The summed E-state index contributed by atoms with van der Waals surface area (Å²) in [4.78, 5) is 29.8. The van der Waals surface area contributed by atoms with E-state index in [0.717, 1.165) is 15.2 Å². The summed E-state index contributed by atoms with van der Waals surface area (Å²) in [5.41, 5.74) is 1.31. The Kier molecular flexibility index (Phi) is 4.50. The Morgan fingerprint density at radius 3 is 2.64 bits per heavy atom. The van der Waals surface area contributed by atoms with E-state index in [2.05, 4.69) is 4.98 Å². The van der Waals surface area contributed by atoms with Crippen LogP contribution in [0.3, 0.4) is 0 Å². The second-order valence-electron chi connectivity index (χ2n) is 5.84. The Hall–Kier alpha value is -2.80. The summed E-state index contributed by atoms with van der Waals surface area (Å²) < 4.78 is 1.05. The van der Waals surface area contributed by atoms with E-state index in [1.165, 1.54) is 22.3 Å². The van der Waals surface area contributed by atoms with Gasteiger partial charge in [-0.1, -0.05) is 24.3 Å². The van der Waals surface area contributed by atoms with Crippen molar-refractivity contribution in [3.05, 3.63) is 68.7 Å². The van der Waals surface area contributed by atoms with Gasteiger partial charge < -0.3 is 4.90 Å². The summed E-state index contributed by atoms with van der Waals surface area (Å²) >= 11 is 1.52. The molecule has 128 valence electrons. The average molecular weight is 355 g/mol. The molecule has 1 aromatic heterocycles. The van der Waals surface area contributed by atoms with Gasteiger partial charge >= 0.3 is 0 Å². The van der Waals surface area contributed by atoms with Crippen molar-refractivity contribution < 1.29 is 9.72 Å². The van der Waals surface area contributed by atoms with Crippen LogP contribution in [0, 0.1) is 17.0 Å². The van der Waals surface area contributed by atoms with Crippen LogP contribution in [0.5, 0.6) is 0 Å². The highest BCUT2D eigenvalue weighted by Gasteiger charge is 2.28. The van der Waals surface area contributed by atoms with Gasteiger partial charge in [-0.2, -0.15) is 0 Å². The number of carbonyl (C=O) groups is 1. The van der Waals surface area contributed by atoms with E-state index in [0.29, 0.717) is 5.56 Å². The molecule has 0 aliphatic carbocycles. The minimum absolute atomic E-state index is 0.0976. The lowest BCUT2D eigenvalue weighted by Gasteiger charge is -2.23. The van der Waals surface area contributed by atoms with Crippen LogP contribution < -0.4 is 0 Å². The predicted molar refractivity (Wildman–Crippen MR) is 98.0 cm³/mol. The van der Waals surface area contributed by atoms with Gasteiger partial charge in [-0.05, 0) is 32.0 Å². The molecule has 0 fully saturated rings. The number of fused-ring (bicyclic) bond motifs is 1. The third kappa shape index (κ3) is 3.10. The molecule has 7 heteroatoms. The number of amides is 1. The number of para-hydroxylation sites is 2. The lowest BCUT2D eigenvalue weighted by molar-refractivity contribution is -0.385. The molecule has 2 aromatic carbocycles. The Morgan fingerprint density at radius 1 is 1.24 bits per heavy atom. The summed E-state index contributed by atoms with van der Waals surface area (Å²) in [6.45, 7) is 3.50. The minimum atomic E-state index is -0.501. The van der Waals surface area contributed by atoms with Crippen LogP contribution in [0.15, 0.2) is 42.5 Å². The highest BCUT2D eigenvalue weighted by atomic mass is 32.1. The summed E-state index contributed by atoms with van der Waals surface area (Å²) in [5.74, 6) is -0.387. The zero-order valence-electron chi connectivity index (χ0n) is 14.1. The zero-order valence-corrected chi connectivity index (χ0v) is 14.9. The molecule has 1 atom stereocenters. The van der Waals surface area contributed by atoms with E-state index < -0.39 is 4.92 Å². The van der Waals surface area contributed by atoms with Gasteiger partial charge in [0.05, 0.1) is 21.2 Å². The number of nitro groups is 1. The second-order valence-corrected chi connectivity index (χ2v) is 6.90. The van der Waals surface area contributed by atoms with Crippen molar-refractivity contribution in [3.8, 4) is 0 Å². The van der Waals surface area contributed by atoms with Crippen LogP contribution in [-0.2, 0) is 0 Å². The SMILES string of the molecule is Cc1cccc(C(=O)N(C)C(C)c2nc3ccccc3s2)c1[N+](=O)[O-]. The number of rotatable bonds is 4. The van der Waals surface area contributed by atoms with E-state index >= 15 is 0 Å². The molecule has 0 spiro atoms. The van der Waals surface area contributed by atoms with Crippen molar-refractivity contribution in [1.29, 1.82) is 0 Å². The molecule has 1 heterocycles. The molecule has 25 heavy (non-hydrogen) atoms. The molecule has 0 aliphatic rings. The number of nitrogens with zero attached hydrogens (tertiary/aromatic N) is 3. The van der Waals surface area contributed by atoms with Gasteiger partial charge in [-0.15, -0.1) is 11.3 Å². The van der Waals surface area contributed by atoms with Crippen LogP contribution >= 0.6 is 11.3 Å². The first-order valence-electron chi connectivity index (χ1n) is 7.76. The van der Waals surface area contributed by atoms with Crippen molar-refractivity contribution in [1.82, 2.24) is 9.88 Å². The predicted octanol–water partition coefficient (Wildman–Crippen LogP) is 4.35. The third-order valence-electron chi connectivity index (χ3n) is 4.22. The molecule has 0 N–H and O–H groups in total. The molecule has 3 aromatic rings. The fourth-order valence-electron chi connectivity index (χ4n) is 2.67. The van der Waals surface area contributed by atoms with Crippen molar-refractivity contribution in [2.45, 2.75) is 19.9 Å². The first-order valence-corrected chi connectivity index (χ1v) is 8.58. The van der Waals surface area contributed by atoms with Gasteiger partial charge in [0.25, 0.3) is 11.6 Å². The molecular weight excluding hydrogens is 338 g/mol. The monoisotopic (exact) mass is 355 g/mol. The molecule has 0 radical (unpaired) electrons. The van der Waals surface area contributed by atoms with Crippen molar-refractivity contribution in [2.24, 2.45) is 0 Å². The largest absolute Gasteiger partial charge is 0.332 e. The molecule has 6 nitrogen and oxygen atoms in total. The standard InChI is InChI=1S/C18H17N3O3S/c1-11-7-6-8-13(16(11)21(23)24)18(22)20(3)12(2)17-19-14-9-4-5-10-15(14)25-17/h4-10,12H,1-3H3. The Bertz CT molecular complexity index is 934. The molecule has 3 rings (SSSR count). The molecule has 1 amide bonds.